The standard InChI is InChI=1S/C11H11N3O3/c1-14-10(12)8(11(16)17)9(13-14)6-4-2-3-5-7(6)15/h2-5,15H,12H2,1H3,(H,16,17). The van der Waals surface area contributed by atoms with Crippen molar-refractivity contribution in [2.24, 2.45) is 7.05 Å². The van der Waals surface area contributed by atoms with E-state index < -0.39 is 5.97 Å². The molecule has 88 valence electrons. The summed E-state index contributed by atoms with van der Waals surface area (Å²) in [5.74, 6) is -1.15. The lowest BCUT2D eigenvalue weighted by atomic mass is 10.1. The number of carboxylic acid groups (broad SMARTS) is 1. The smallest absolute Gasteiger partial charge is 0.341 e. The summed E-state index contributed by atoms with van der Waals surface area (Å²) in [6.07, 6.45) is 0. The number of phenolic OH excluding ortho intramolecular Hbond substituents is 1. The molecule has 0 amide bonds. The lowest BCUT2D eigenvalue weighted by molar-refractivity contribution is 0.0699. The third-order valence-corrected chi connectivity index (χ3v) is 2.46. The monoisotopic (exact) mass is 233 g/mol. The average Bonchev–Trinajstić information content (AvgIpc) is 2.56. The van der Waals surface area contributed by atoms with Crippen molar-refractivity contribution in [2.45, 2.75) is 0 Å². The maximum atomic E-state index is 11.1. The van der Waals surface area contributed by atoms with Crippen molar-refractivity contribution in [3.8, 4) is 17.0 Å². The number of nitrogen functional groups attached to an aromatic ring is 1. The number of phenols is 1. The molecule has 4 N–H and O–H groups in total. The Balaban J connectivity index is 2.72. The molecule has 0 aliphatic heterocycles. The molecule has 0 fully saturated rings. The Labute approximate surface area is 96.9 Å². The summed E-state index contributed by atoms with van der Waals surface area (Å²) in [6.45, 7) is 0. The summed E-state index contributed by atoms with van der Waals surface area (Å²) < 4.78 is 1.27. The van der Waals surface area contributed by atoms with Gasteiger partial charge < -0.3 is 15.9 Å². The van der Waals surface area contributed by atoms with Crippen LogP contribution >= 0.6 is 0 Å². The van der Waals surface area contributed by atoms with Crippen molar-refractivity contribution < 1.29 is 15.0 Å². The number of nitrogens with two attached hydrogens (primary N) is 1. The van der Waals surface area contributed by atoms with Gasteiger partial charge in [-0.2, -0.15) is 5.10 Å². The first-order chi connectivity index (χ1) is 8.02. The van der Waals surface area contributed by atoms with Gasteiger partial charge in [0.05, 0.1) is 0 Å². The van der Waals surface area contributed by atoms with Crippen LogP contribution in [0.4, 0.5) is 5.82 Å². The van der Waals surface area contributed by atoms with Crippen LogP contribution < -0.4 is 5.73 Å². The van der Waals surface area contributed by atoms with Crippen LogP contribution in [0.15, 0.2) is 24.3 Å². The third kappa shape index (κ3) is 1.69. The van der Waals surface area contributed by atoms with Crippen LogP contribution in [0, 0.1) is 0 Å². The van der Waals surface area contributed by atoms with E-state index in [9.17, 15) is 9.90 Å². The number of carbonyl (C=O) groups is 1. The summed E-state index contributed by atoms with van der Waals surface area (Å²) in [7, 11) is 1.55. The molecule has 2 rings (SSSR count). The van der Waals surface area contributed by atoms with E-state index in [1.807, 2.05) is 0 Å². The van der Waals surface area contributed by atoms with Gasteiger partial charge in [-0.1, -0.05) is 12.1 Å². The number of aryl methyl sites for hydroxylation is 1. The van der Waals surface area contributed by atoms with E-state index in [1.54, 1.807) is 25.2 Å². The summed E-state index contributed by atoms with van der Waals surface area (Å²) in [5, 5.41) is 22.8. The molecule has 6 heteroatoms. The number of aromatic carboxylic acids is 1. The molecule has 0 atom stereocenters. The van der Waals surface area contributed by atoms with Crippen molar-refractivity contribution in [1.82, 2.24) is 9.78 Å². The molecule has 1 aromatic carbocycles. The first-order valence-electron chi connectivity index (χ1n) is 4.86. The van der Waals surface area contributed by atoms with Gasteiger partial charge in [-0.25, -0.2) is 4.79 Å². The zero-order chi connectivity index (χ0) is 12.6. The summed E-state index contributed by atoms with van der Waals surface area (Å²) in [5.41, 5.74) is 6.03. The fourth-order valence-electron chi connectivity index (χ4n) is 1.61. The second-order valence-electron chi connectivity index (χ2n) is 3.55. The van der Waals surface area contributed by atoms with Crippen molar-refractivity contribution in [3.05, 3.63) is 29.8 Å². The predicted octanol–water partition coefficient (Wildman–Crippen LogP) is 1.07. The topological polar surface area (TPSA) is 101 Å². The van der Waals surface area contributed by atoms with Gasteiger partial charge in [0.25, 0.3) is 0 Å². The SMILES string of the molecule is Cn1nc(-c2ccccc2O)c(C(=O)O)c1N. The highest BCUT2D eigenvalue weighted by atomic mass is 16.4. The molecule has 1 heterocycles. The fraction of sp³-hybridized carbons (Fsp3) is 0.0909. The van der Waals surface area contributed by atoms with Crippen molar-refractivity contribution in [2.75, 3.05) is 5.73 Å². The zero-order valence-corrected chi connectivity index (χ0v) is 9.08. The van der Waals surface area contributed by atoms with Crippen LogP contribution in [-0.2, 0) is 7.05 Å². The predicted molar refractivity (Wildman–Crippen MR) is 61.7 cm³/mol. The van der Waals surface area contributed by atoms with Gasteiger partial charge in [0, 0.05) is 12.6 Å². The molecule has 0 spiro atoms. The number of anilines is 1. The minimum Gasteiger partial charge on any atom is -0.507 e. The second kappa shape index (κ2) is 3.82. The van der Waals surface area contributed by atoms with Gasteiger partial charge in [0.1, 0.15) is 22.8 Å². The molecule has 0 aliphatic carbocycles. The van der Waals surface area contributed by atoms with Gasteiger partial charge in [-0.3, -0.25) is 4.68 Å². The van der Waals surface area contributed by atoms with Gasteiger partial charge >= 0.3 is 5.97 Å². The van der Waals surface area contributed by atoms with Crippen molar-refractivity contribution in [3.63, 3.8) is 0 Å². The first kappa shape index (κ1) is 11.0. The molecule has 0 saturated carbocycles. The quantitative estimate of drug-likeness (QED) is 0.720. The van der Waals surface area contributed by atoms with Crippen molar-refractivity contribution >= 4 is 11.8 Å². The number of aromatic nitrogens is 2. The number of para-hydroxylation sites is 1. The first-order valence-corrected chi connectivity index (χ1v) is 4.86. The molecule has 0 bridgehead atoms. The molecule has 1 aromatic heterocycles. The fourth-order valence-corrected chi connectivity index (χ4v) is 1.61. The Morgan fingerprint density at radius 1 is 1.41 bits per heavy atom. The summed E-state index contributed by atoms with van der Waals surface area (Å²) in [6, 6.07) is 6.38. The highest BCUT2D eigenvalue weighted by Crippen LogP contribution is 2.32. The Morgan fingerprint density at radius 2 is 2.06 bits per heavy atom. The van der Waals surface area contributed by atoms with E-state index in [1.165, 1.54) is 10.7 Å². The lowest BCUT2D eigenvalue weighted by Crippen LogP contribution is -2.04. The molecule has 17 heavy (non-hydrogen) atoms. The highest BCUT2D eigenvalue weighted by molar-refractivity contribution is 6.00. The summed E-state index contributed by atoms with van der Waals surface area (Å²) in [4.78, 5) is 11.1. The van der Waals surface area contributed by atoms with Crippen LogP contribution in [0.25, 0.3) is 11.3 Å². The number of nitrogens with zero attached hydrogens (tertiary/aromatic N) is 2. The van der Waals surface area contributed by atoms with Crippen LogP contribution in [0.1, 0.15) is 10.4 Å². The number of aromatic hydroxyl groups is 1. The van der Waals surface area contributed by atoms with Gasteiger partial charge in [-0.15, -0.1) is 0 Å². The van der Waals surface area contributed by atoms with Crippen molar-refractivity contribution in [1.29, 1.82) is 0 Å². The molecule has 0 unspecified atom stereocenters. The number of rotatable bonds is 2. The molecule has 0 aliphatic rings. The van der Waals surface area contributed by atoms with E-state index in [-0.39, 0.29) is 22.8 Å². The Bertz CT molecular complexity index is 590. The molecule has 6 nitrogen and oxygen atoms in total. The van der Waals surface area contributed by atoms with Crippen LogP contribution in [0.2, 0.25) is 0 Å². The Hall–Kier alpha value is -2.50. The number of hydrogen-bond donors (Lipinski definition) is 3. The average molecular weight is 233 g/mol. The maximum absolute atomic E-state index is 11.1. The lowest BCUT2D eigenvalue weighted by Gasteiger charge is -2.01. The van der Waals surface area contributed by atoms with Crippen LogP contribution in [0.3, 0.4) is 0 Å². The normalized spacial score (nSPS) is 10.4. The van der Waals surface area contributed by atoms with Gasteiger partial charge in [0.15, 0.2) is 0 Å². The maximum Gasteiger partial charge on any atom is 0.341 e. The van der Waals surface area contributed by atoms with E-state index >= 15 is 0 Å². The van der Waals surface area contributed by atoms with E-state index in [0.29, 0.717) is 5.56 Å². The van der Waals surface area contributed by atoms with E-state index in [4.69, 9.17) is 10.8 Å². The van der Waals surface area contributed by atoms with Gasteiger partial charge in [0.2, 0.25) is 0 Å². The molecule has 0 radical (unpaired) electrons. The summed E-state index contributed by atoms with van der Waals surface area (Å²) >= 11 is 0. The minimum atomic E-state index is -1.17. The van der Waals surface area contributed by atoms with Crippen LogP contribution in [0.5, 0.6) is 5.75 Å². The number of hydrogen-bond acceptors (Lipinski definition) is 4. The number of benzene rings is 1. The highest BCUT2D eigenvalue weighted by Gasteiger charge is 2.22. The largest absolute Gasteiger partial charge is 0.507 e. The molecule has 0 saturated heterocycles. The number of carboxylic acids is 1. The molecular formula is C11H11N3O3. The Morgan fingerprint density at radius 3 is 2.65 bits per heavy atom. The Kier molecular flexibility index (Phi) is 2.47. The third-order valence-electron chi connectivity index (χ3n) is 2.46. The molecule has 2 aromatic rings. The van der Waals surface area contributed by atoms with E-state index in [2.05, 4.69) is 5.10 Å². The van der Waals surface area contributed by atoms with E-state index in [0.717, 1.165) is 0 Å². The van der Waals surface area contributed by atoms with Gasteiger partial charge in [-0.05, 0) is 12.1 Å². The second-order valence-corrected chi connectivity index (χ2v) is 3.55. The molecular weight excluding hydrogens is 222 g/mol. The zero-order valence-electron chi connectivity index (χ0n) is 9.08. The minimum absolute atomic E-state index is 0.0342. The van der Waals surface area contributed by atoms with Crippen LogP contribution in [-0.4, -0.2) is 26.0 Å².